The highest BCUT2D eigenvalue weighted by atomic mass is 19.1. The summed E-state index contributed by atoms with van der Waals surface area (Å²) in [6.45, 7) is 33.5. The van der Waals surface area contributed by atoms with Crippen molar-refractivity contribution in [3.05, 3.63) is 107 Å². The Morgan fingerprint density at radius 3 is 2.35 bits per heavy atom. The van der Waals surface area contributed by atoms with Crippen molar-refractivity contribution in [1.82, 2.24) is 14.7 Å². The summed E-state index contributed by atoms with van der Waals surface area (Å²) in [7, 11) is 1.99. The molecular weight excluding hydrogens is 569 g/mol. The number of ketones is 1. The Balaban J connectivity index is 3.83. The zero-order valence-corrected chi connectivity index (χ0v) is 30.9. The highest BCUT2D eigenvalue weighted by Crippen LogP contribution is 2.36. The summed E-state index contributed by atoms with van der Waals surface area (Å²) in [5.74, 6) is -0.189. The minimum absolute atomic E-state index is 0.0648. The van der Waals surface area contributed by atoms with Gasteiger partial charge in [0.05, 0.1) is 6.04 Å². The van der Waals surface area contributed by atoms with Crippen LogP contribution in [0.4, 0.5) is 4.39 Å². The van der Waals surface area contributed by atoms with Gasteiger partial charge in [-0.2, -0.15) is 0 Å². The summed E-state index contributed by atoms with van der Waals surface area (Å²) in [5.41, 5.74) is 7.06. The average Bonchev–Trinajstić information content (AvgIpc) is 3.19. The van der Waals surface area contributed by atoms with E-state index < -0.39 is 0 Å². The first kappa shape index (κ1) is 40.8. The van der Waals surface area contributed by atoms with Crippen molar-refractivity contribution in [1.29, 1.82) is 0 Å². The molecule has 0 radical (unpaired) electrons. The molecule has 0 bridgehead atoms. The van der Waals surface area contributed by atoms with Gasteiger partial charge in [-0.05, 0) is 103 Å². The number of Topliss-reactive ketones (excluding diaryl/α,β-unsaturated/α-hetero) is 1. The first-order valence-electron chi connectivity index (χ1n) is 17.2. The van der Waals surface area contributed by atoms with Gasteiger partial charge in [0.15, 0.2) is 5.78 Å². The predicted molar refractivity (Wildman–Crippen MR) is 199 cm³/mol. The van der Waals surface area contributed by atoms with Crippen LogP contribution in [0.25, 0.3) is 0 Å². The van der Waals surface area contributed by atoms with Crippen LogP contribution >= 0.6 is 0 Å². The van der Waals surface area contributed by atoms with Crippen LogP contribution in [0.1, 0.15) is 101 Å². The molecule has 46 heavy (non-hydrogen) atoms. The lowest BCUT2D eigenvalue weighted by Gasteiger charge is -2.33. The number of hydrogen-bond donors (Lipinski definition) is 0. The lowest BCUT2D eigenvalue weighted by atomic mass is 9.86. The Bertz CT molecular complexity index is 1260. The normalized spacial score (nSPS) is 19.2. The summed E-state index contributed by atoms with van der Waals surface area (Å²) in [6, 6.07) is -0.0463. The largest absolute Gasteiger partial charge is 0.376 e. The molecule has 1 rings (SSSR count). The van der Waals surface area contributed by atoms with Crippen molar-refractivity contribution < 1.29 is 9.18 Å². The maximum Gasteiger partial charge on any atom is 0.163 e. The van der Waals surface area contributed by atoms with Gasteiger partial charge in [-0.15, -0.1) is 6.58 Å². The lowest BCUT2D eigenvalue weighted by molar-refractivity contribution is -0.115. The number of carbonyl (C=O) groups excluding carboxylic acids is 1. The van der Waals surface area contributed by atoms with Crippen LogP contribution in [0.3, 0.4) is 0 Å². The number of nitrogens with zero attached hydrogens (tertiary/aromatic N) is 3. The second kappa shape index (κ2) is 20.8. The third-order valence-electron chi connectivity index (χ3n) is 9.52. The molecule has 1 heterocycles. The van der Waals surface area contributed by atoms with E-state index in [9.17, 15) is 4.79 Å². The van der Waals surface area contributed by atoms with Crippen molar-refractivity contribution in [2.75, 3.05) is 33.2 Å². The maximum absolute atomic E-state index is 16.8. The van der Waals surface area contributed by atoms with E-state index in [0.717, 1.165) is 37.8 Å². The number of hydrogen-bond acceptors (Lipinski definition) is 4. The number of halogens is 1. The molecule has 0 amide bonds. The van der Waals surface area contributed by atoms with Crippen molar-refractivity contribution in [3.8, 4) is 0 Å². The quantitative estimate of drug-likeness (QED) is 0.132. The first-order chi connectivity index (χ1) is 21.8. The van der Waals surface area contributed by atoms with E-state index in [-0.39, 0.29) is 23.7 Å². The van der Waals surface area contributed by atoms with Crippen molar-refractivity contribution >= 4 is 5.78 Å². The van der Waals surface area contributed by atoms with E-state index in [0.29, 0.717) is 54.9 Å². The fraction of sp³-hybridized carbons (Fsp3) is 0.537. The summed E-state index contributed by atoms with van der Waals surface area (Å²) in [4.78, 5) is 20.5. The standard InChI is InChI=1S/C41H64FN3O/c1-14-20-22-38-40(34(11)41(42)35(12)44(19-6)29-32(9)43(13)18-5)33(10)37(26-28-45(38)27-25-30(7)16-3)39(46)24-23-36(17-4)31(8)21-15-2/h15-16,18,20,22,26,32,38H,2,5,10,14,17,19,21,23-25,27-29H2,1,3-4,6-9,11-13H3/b22-20?,30-16-,36-31+,40-34-,41-35-. The van der Waals surface area contributed by atoms with E-state index in [1.807, 2.05) is 37.9 Å². The molecule has 1 aliphatic heterocycles. The molecule has 0 saturated heterocycles. The molecule has 0 aromatic carbocycles. The molecule has 4 nitrogen and oxygen atoms in total. The van der Waals surface area contributed by atoms with E-state index >= 15 is 4.39 Å². The number of carbonyl (C=O) groups is 1. The molecule has 0 fully saturated rings. The molecule has 0 aromatic rings. The van der Waals surface area contributed by atoms with Gasteiger partial charge >= 0.3 is 0 Å². The molecule has 256 valence electrons. The van der Waals surface area contributed by atoms with Crippen LogP contribution in [0.15, 0.2) is 107 Å². The molecule has 0 spiro atoms. The molecule has 0 aromatic heterocycles. The summed E-state index contributed by atoms with van der Waals surface area (Å²) < 4.78 is 16.8. The van der Waals surface area contributed by atoms with E-state index in [4.69, 9.17) is 0 Å². The first-order valence-corrected chi connectivity index (χ1v) is 17.2. The fourth-order valence-corrected chi connectivity index (χ4v) is 5.97. The third-order valence-corrected chi connectivity index (χ3v) is 9.52. The van der Waals surface area contributed by atoms with Crippen molar-refractivity contribution in [2.45, 2.75) is 113 Å². The second-order valence-electron chi connectivity index (χ2n) is 12.6. The molecule has 5 heteroatoms. The van der Waals surface area contributed by atoms with Crippen LogP contribution in [0, 0.1) is 0 Å². The minimum Gasteiger partial charge on any atom is -0.376 e. The highest BCUT2D eigenvalue weighted by molar-refractivity contribution is 6.01. The molecule has 0 saturated carbocycles. The Hall–Kier alpha value is -3.18. The molecule has 2 unspecified atom stereocenters. The SMILES string of the molecule is C=CC/C(C)=C(\CC)CCC(=O)C1=CCN(CC/C(C)=C\C)C(C=CCC)/C(=C(C)\C(F)=C(/C)N(CC)CC(C)N(C)C=C)C1=C. The smallest absolute Gasteiger partial charge is 0.163 e. The zero-order chi connectivity index (χ0) is 35.0. The monoisotopic (exact) mass is 634 g/mol. The van der Waals surface area contributed by atoms with Gasteiger partial charge in [0.2, 0.25) is 0 Å². The van der Waals surface area contributed by atoms with Gasteiger partial charge in [-0.1, -0.05) is 74.1 Å². The van der Waals surface area contributed by atoms with Gasteiger partial charge < -0.3 is 9.80 Å². The highest BCUT2D eigenvalue weighted by Gasteiger charge is 2.31. The Morgan fingerprint density at radius 1 is 1.13 bits per heavy atom. The number of rotatable bonds is 19. The topological polar surface area (TPSA) is 26.8 Å². The summed E-state index contributed by atoms with van der Waals surface area (Å²) >= 11 is 0. The van der Waals surface area contributed by atoms with Crippen LogP contribution in [-0.2, 0) is 4.79 Å². The fourth-order valence-electron chi connectivity index (χ4n) is 5.97. The number of allylic oxidation sites excluding steroid dienone is 9. The van der Waals surface area contributed by atoms with Crippen LogP contribution in [-0.4, -0.2) is 65.8 Å². The van der Waals surface area contributed by atoms with Gasteiger partial charge in [0.1, 0.15) is 5.83 Å². The molecule has 0 N–H and O–H groups in total. The summed E-state index contributed by atoms with van der Waals surface area (Å²) in [6.07, 6.45) is 16.8. The molecule has 2 atom stereocenters. The van der Waals surface area contributed by atoms with E-state index in [1.165, 1.54) is 16.7 Å². The second-order valence-corrected chi connectivity index (χ2v) is 12.6. The third kappa shape index (κ3) is 11.6. The van der Waals surface area contributed by atoms with Gasteiger partial charge in [-0.25, -0.2) is 4.39 Å². The van der Waals surface area contributed by atoms with Gasteiger partial charge in [0.25, 0.3) is 0 Å². The van der Waals surface area contributed by atoms with Crippen molar-refractivity contribution in [3.63, 3.8) is 0 Å². The van der Waals surface area contributed by atoms with Crippen LogP contribution in [0.5, 0.6) is 0 Å². The van der Waals surface area contributed by atoms with Crippen LogP contribution in [0.2, 0.25) is 0 Å². The van der Waals surface area contributed by atoms with Crippen molar-refractivity contribution in [2.24, 2.45) is 0 Å². The number of likely N-dealkylation sites (N-methyl/N-ethyl adjacent to an activating group) is 2. The maximum atomic E-state index is 16.8. The van der Waals surface area contributed by atoms with Gasteiger partial charge in [-0.3, -0.25) is 9.69 Å². The Kier molecular flexibility index (Phi) is 18.5. The molecule has 0 aliphatic carbocycles. The van der Waals surface area contributed by atoms with E-state index in [2.05, 4.69) is 96.2 Å². The van der Waals surface area contributed by atoms with Gasteiger partial charge in [0, 0.05) is 57.0 Å². The zero-order valence-electron chi connectivity index (χ0n) is 30.9. The minimum atomic E-state index is -0.254. The average molecular weight is 634 g/mol. The van der Waals surface area contributed by atoms with Crippen LogP contribution < -0.4 is 0 Å². The Morgan fingerprint density at radius 2 is 1.80 bits per heavy atom. The van der Waals surface area contributed by atoms with E-state index in [1.54, 1.807) is 6.20 Å². The molecule has 1 aliphatic rings. The molecular formula is C41H64FN3O. The lowest BCUT2D eigenvalue weighted by Crippen LogP contribution is -2.38. The summed E-state index contributed by atoms with van der Waals surface area (Å²) in [5, 5.41) is 0. The Labute approximate surface area is 282 Å². The predicted octanol–water partition coefficient (Wildman–Crippen LogP) is 10.4.